The van der Waals surface area contributed by atoms with E-state index in [1.165, 1.54) is 26.1 Å². The number of anilines is 1. The smallest absolute Gasteiger partial charge is 0.0581 e. The van der Waals surface area contributed by atoms with Crippen LogP contribution < -0.4 is 5.32 Å². The number of rotatable bonds is 3. The van der Waals surface area contributed by atoms with Crippen LogP contribution in [-0.2, 0) is 0 Å². The van der Waals surface area contributed by atoms with Crippen LogP contribution in [-0.4, -0.2) is 0 Å². The van der Waals surface area contributed by atoms with Gasteiger partial charge < -0.3 is 5.32 Å². The Kier molecular flexibility index (Phi) is 4.05. The molecule has 1 atom stereocenters. The summed E-state index contributed by atoms with van der Waals surface area (Å²) in [5.41, 5.74) is 3.79. The molecule has 0 bridgehead atoms. The van der Waals surface area contributed by atoms with E-state index >= 15 is 0 Å². The molecule has 1 heterocycles. The van der Waals surface area contributed by atoms with Crippen LogP contribution in [0.15, 0.2) is 46.9 Å². The molecule has 1 nitrogen and oxygen atoms in total. The molecular formula is C18H18BrNS. The van der Waals surface area contributed by atoms with Crippen molar-refractivity contribution < 1.29 is 0 Å². The first-order valence-corrected chi connectivity index (χ1v) is 8.68. The van der Waals surface area contributed by atoms with Crippen molar-refractivity contribution in [1.82, 2.24) is 0 Å². The number of nitrogens with one attached hydrogen (secondary N) is 1. The third-order valence-electron chi connectivity index (χ3n) is 3.77. The van der Waals surface area contributed by atoms with Gasteiger partial charge in [-0.25, -0.2) is 0 Å². The number of aryl methyl sites for hydroxylation is 2. The van der Waals surface area contributed by atoms with E-state index in [1.807, 2.05) is 11.3 Å². The molecule has 0 aliphatic carbocycles. The number of fused-ring (bicyclic) bond motifs is 1. The molecule has 3 heteroatoms. The number of hydrogen-bond donors (Lipinski definition) is 1. The second-order valence-electron chi connectivity index (χ2n) is 5.44. The number of thiophene rings is 1. The lowest BCUT2D eigenvalue weighted by molar-refractivity contribution is 0.899. The molecule has 1 N–H and O–H groups in total. The van der Waals surface area contributed by atoms with E-state index < -0.39 is 0 Å². The molecule has 0 fully saturated rings. The lowest BCUT2D eigenvalue weighted by atomic mass is 10.1. The number of halogens is 1. The van der Waals surface area contributed by atoms with Crippen LogP contribution in [0, 0.1) is 13.8 Å². The van der Waals surface area contributed by atoms with Crippen molar-refractivity contribution in [3.05, 3.63) is 62.9 Å². The van der Waals surface area contributed by atoms with Crippen molar-refractivity contribution in [2.24, 2.45) is 0 Å². The van der Waals surface area contributed by atoms with Crippen molar-refractivity contribution in [1.29, 1.82) is 0 Å². The average Bonchev–Trinajstić information content (AvgIpc) is 2.80. The second-order valence-corrected chi connectivity index (χ2v) is 7.37. The largest absolute Gasteiger partial charge is 0.377 e. The molecule has 108 valence electrons. The van der Waals surface area contributed by atoms with Gasteiger partial charge in [0, 0.05) is 19.7 Å². The summed E-state index contributed by atoms with van der Waals surface area (Å²) in [5.74, 6) is 0. The van der Waals surface area contributed by atoms with Crippen LogP contribution in [0.1, 0.15) is 29.0 Å². The molecule has 2 aromatic carbocycles. The Morgan fingerprint density at radius 3 is 2.57 bits per heavy atom. The lowest BCUT2D eigenvalue weighted by Gasteiger charge is -2.16. The highest BCUT2D eigenvalue weighted by atomic mass is 79.9. The molecule has 1 aromatic heterocycles. The second kappa shape index (κ2) is 5.82. The summed E-state index contributed by atoms with van der Waals surface area (Å²) >= 11 is 5.52. The van der Waals surface area contributed by atoms with Gasteiger partial charge in [-0.3, -0.25) is 0 Å². The molecule has 0 aliphatic heterocycles. The SMILES string of the molecule is Cc1ccc(NC(C)c2sc3ccccc3c2C)c(Br)c1. The molecule has 3 aromatic rings. The van der Waals surface area contributed by atoms with Crippen LogP contribution in [0.5, 0.6) is 0 Å². The summed E-state index contributed by atoms with van der Waals surface area (Å²) in [5, 5.41) is 4.99. The van der Waals surface area contributed by atoms with E-state index in [9.17, 15) is 0 Å². The fourth-order valence-corrected chi connectivity index (χ4v) is 4.46. The zero-order valence-corrected chi connectivity index (χ0v) is 14.8. The molecule has 3 rings (SSSR count). The molecule has 0 saturated carbocycles. The highest BCUT2D eigenvalue weighted by Gasteiger charge is 2.15. The molecule has 0 aliphatic rings. The summed E-state index contributed by atoms with van der Waals surface area (Å²) in [6.07, 6.45) is 0. The third kappa shape index (κ3) is 2.85. The van der Waals surface area contributed by atoms with Crippen LogP contribution >= 0.6 is 27.3 Å². The van der Waals surface area contributed by atoms with Crippen molar-refractivity contribution in [2.75, 3.05) is 5.32 Å². The van der Waals surface area contributed by atoms with Gasteiger partial charge >= 0.3 is 0 Å². The minimum atomic E-state index is 0.293. The minimum Gasteiger partial charge on any atom is -0.377 e. The first kappa shape index (κ1) is 14.6. The molecular weight excluding hydrogens is 342 g/mol. The highest BCUT2D eigenvalue weighted by Crippen LogP contribution is 2.36. The zero-order chi connectivity index (χ0) is 15.0. The van der Waals surface area contributed by atoms with E-state index in [1.54, 1.807) is 0 Å². The fourth-order valence-electron chi connectivity index (χ4n) is 2.64. The molecule has 0 saturated heterocycles. The Bertz CT molecular complexity index is 791. The van der Waals surface area contributed by atoms with Gasteiger partial charge in [0.2, 0.25) is 0 Å². The summed E-state index contributed by atoms with van der Waals surface area (Å²) in [6, 6.07) is 15.3. The van der Waals surface area contributed by atoms with E-state index in [-0.39, 0.29) is 0 Å². The maximum absolute atomic E-state index is 3.64. The predicted molar refractivity (Wildman–Crippen MR) is 97.5 cm³/mol. The Hall–Kier alpha value is -1.32. The van der Waals surface area contributed by atoms with Gasteiger partial charge in [-0.15, -0.1) is 11.3 Å². The van der Waals surface area contributed by atoms with E-state index in [4.69, 9.17) is 0 Å². The predicted octanol–water partition coefficient (Wildman–Crippen LogP) is 6.45. The van der Waals surface area contributed by atoms with Gasteiger partial charge in [-0.2, -0.15) is 0 Å². The minimum absolute atomic E-state index is 0.293. The zero-order valence-electron chi connectivity index (χ0n) is 12.4. The maximum atomic E-state index is 3.64. The Labute approximate surface area is 138 Å². The van der Waals surface area contributed by atoms with E-state index in [0.717, 1.165) is 10.2 Å². The first-order valence-electron chi connectivity index (χ1n) is 7.07. The summed E-state index contributed by atoms with van der Waals surface area (Å²) in [6.45, 7) is 6.55. The molecule has 0 radical (unpaired) electrons. The van der Waals surface area contributed by atoms with Gasteiger partial charge in [0.15, 0.2) is 0 Å². The third-order valence-corrected chi connectivity index (χ3v) is 5.88. The van der Waals surface area contributed by atoms with E-state index in [0.29, 0.717) is 6.04 Å². The summed E-state index contributed by atoms with van der Waals surface area (Å²) < 4.78 is 2.48. The lowest BCUT2D eigenvalue weighted by Crippen LogP contribution is -2.06. The summed E-state index contributed by atoms with van der Waals surface area (Å²) in [7, 11) is 0. The van der Waals surface area contributed by atoms with E-state index in [2.05, 4.69) is 84.5 Å². The van der Waals surface area contributed by atoms with Crippen LogP contribution in [0.4, 0.5) is 5.69 Å². The highest BCUT2D eigenvalue weighted by molar-refractivity contribution is 9.10. The monoisotopic (exact) mass is 359 g/mol. The van der Waals surface area contributed by atoms with Crippen molar-refractivity contribution in [2.45, 2.75) is 26.8 Å². The van der Waals surface area contributed by atoms with Crippen LogP contribution in [0.3, 0.4) is 0 Å². The van der Waals surface area contributed by atoms with Gasteiger partial charge in [0.1, 0.15) is 0 Å². The number of hydrogen-bond acceptors (Lipinski definition) is 2. The summed E-state index contributed by atoms with van der Waals surface area (Å²) in [4.78, 5) is 1.41. The fraction of sp³-hybridized carbons (Fsp3) is 0.222. The Morgan fingerprint density at radius 1 is 1.10 bits per heavy atom. The van der Waals surface area contributed by atoms with Crippen LogP contribution in [0.2, 0.25) is 0 Å². The van der Waals surface area contributed by atoms with Gasteiger partial charge in [-0.1, -0.05) is 24.3 Å². The maximum Gasteiger partial charge on any atom is 0.0581 e. The van der Waals surface area contributed by atoms with Crippen molar-refractivity contribution >= 4 is 43.0 Å². The van der Waals surface area contributed by atoms with Crippen LogP contribution in [0.25, 0.3) is 10.1 Å². The molecule has 0 spiro atoms. The number of benzene rings is 2. The quantitative estimate of drug-likeness (QED) is 0.566. The molecule has 21 heavy (non-hydrogen) atoms. The average molecular weight is 360 g/mol. The normalized spacial score (nSPS) is 12.6. The first-order chi connectivity index (χ1) is 10.1. The van der Waals surface area contributed by atoms with Crippen molar-refractivity contribution in [3.8, 4) is 0 Å². The standard InChI is InChI=1S/C18H18BrNS/c1-11-8-9-16(15(19)10-11)20-13(3)18-12(2)14-6-4-5-7-17(14)21-18/h4-10,13,20H,1-3H3. The van der Waals surface area contributed by atoms with Crippen molar-refractivity contribution in [3.63, 3.8) is 0 Å². The Morgan fingerprint density at radius 2 is 1.86 bits per heavy atom. The van der Waals surface area contributed by atoms with Gasteiger partial charge in [-0.05, 0) is 71.4 Å². The topological polar surface area (TPSA) is 12.0 Å². The van der Waals surface area contributed by atoms with Gasteiger partial charge in [0.25, 0.3) is 0 Å². The molecule has 1 unspecified atom stereocenters. The molecule has 0 amide bonds. The Balaban J connectivity index is 1.93. The van der Waals surface area contributed by atoms with Gasteiger partial charge in [0.05, 0.1) is 6.04 Å².